The maximum absolute atomic E-state index is 14.9. The number of nitrogens with two attached hydrogens (primary N) is 6. The van der Waals surface area contributed by atoms with Crippen molar-refractivity contribution in [1.29, 1.82) is 10.8 Å². The highest BCUT2D eigenvalue weighted by Crippen LogP contribution is 2.27. The number of carbonyl (C=O) groups excluding carboxylic acids is 1. The molecule has 0 spiro atoms. The number of hydrogen-bond donors (Lipinski definition) is 32. The second-order valence-electron chi connectivity index (χ2n) is 35.1. The number of H-pyrrole nitrogens is 2. The highest BCUT2D eigenvalue weighted by atomic mass is 32.2. The fourth-order valence-corrected chi connectivity index (χ4v) is 15.7. The Morgan fingerprint density at radius 2 is 0.905 bits per heavy atom. The van der Waals surface area contributed by atoms with Gasteiger partial charge in [0.05, 0.1) is 19.5 Å². The Bertz CT molecular complexity index is 5480. The number of aromatic hydroxyl groups is 1. The maximum Gasteiger partial charge on any atom is 0.328 e. The number of hydrogen-bond acceptors (Lipinski definition) is 29. The Balaban J connectivity index is 1.38. The SMILES string of the molecule is CSCC[C@H](N=C(O)[C@H](CO)N=C(O)[C@H](Cc1ccc(O)cc1)N=C(O)[C@@H](N)CO)C(O)=N[C@@H](CCC(=O)O)C(O)=N[C@@H](Cc1cnc[nH]1)C(O)=N[C@@H](Cc1ccccc1)C(O)=N[C@@H](CCCNC(=N)N)C(O)=N[C@@H](Cc1c[nH]c2ccccc12)C(O)=NCC(O)=N[C@@H](CCCCN)C(=O)N1CCC[C@H]1C(O)=N[C@H](C(O)=NCC(O)=N[C@@H](CCCCN)C(O)=N[C@@H](CCCCN)C(O)=N[C@@H](CCCNC(=N)N)C(=O)O)C(C)C. The largest absolute Gasteiger partial charge is 0.508 e. The number of imidazole rings is 1. The first kappa shape index (κ1) is 122. The number of guanidine groups is 2. The molecule has 3 aromatic carbocycles. The molecular weight excluding hydrogens is 1950 g/mol. The molecule has 38 N–H and O–H groups in total. The molecule has 0 unspecified atom stereocenters. The number of fused-ring (bicyclic) bond motifs is 1. The Labute approximate surface area is 858 Å². The predicted molar refractivity (Wildman–Crippen MR) is 572 cm³/mol. The monoisotopic (exact) mass is 2090 g/mol. The minimum atomic E-state index is -1.79. The summed E-state index contributed by atoms with van der Waals surface area (Å²) in [5, 5.41) is 248. The van der Waals surface area contributed by atoms with E-state index >= 15 is 0 Å². The van der Waals surface area contributed by atoms with Crippen molar-refractivity contribution in [2.24, 2.45) is 115 Å². The van der Waals surface area contributed by atoms with Crippen LogP contribution in [0.3, 0.4) is 0 Å². The van der Waals surface area contributed by atoms with E-state index in [1.54, 1.807) is 80.9 Å². The van der Waals surface area contributed by atoms with Crippen LogP contribution in [0, 0.1) is 16.7 Å². The molecule has 814 valence electrons. The van der Waals surface area contributed by atoms with E-state index in [4.69, 9.17) is 45.2 Å². The molecule has 148 heavy (non-hydrogen) atoms. The lowest BCUT2D eigenvalue weighted by Gasteiger charge is -2.27. The number of benzene rings is 3. The van der Waals surface area contributed by atoms with Crippen LogP contribution in [-0.4, -0.2) is 408 Å². The van der Waals surface area contributed by atoms with E-state index in [2.05, 4.69) is 100 Å². The van der Waals surface area contributed by atoms with Gasteiger partial charge in [-0.05, 0) is 182 Å². The Hall–Kier alpha value is -14.7. The highest BCUT2D eigenvalue weighted by Gasteiger charge is 2.39. The van der Waals surface area contributed by atoms with Gasteiger partial charge in [-0.1, -0.05) is 74.5 Å². The molecule has 1 aliphatic rings. The normalized spacial score (nSPS) is 17.6. The van der Waals surface area contributed by atoms with Crippen LogP contribution in [0.2, 0.25) is 0 Å². The lowest BCUT2D eigenvalue weighted by molar-refractivity contribution is -0.139. The number of aliphatic carboxylic acids is 2. The van der Waals surface area contributed by atoms with Crippen LogP contribution in [0.5, 0.6) is 5.75 Å². The maximum atomic E-state index is 14.9. The zero-order chi connectivity index (χ0) is 109. The first-order valence-corrected chi connectivity index (χ1v) is 49.8. The molecule has 0 saturated carbocycles. The summed E-state index contributed by atoms with van der Waals surface area (Å²) in [6.45, 7) is 0.970. The van der Waals surface area contributed by atoms with Gasteiger partial charge in [0.15, 0.2) is 24.0 Å². The molecule has 53 heteroatoms. The van der Waals surface area contributed by atoms with Gasteiger partial charge in [-0.3, -0.25) is 20.4 Å². The summed E-state index contributed by atoms with van der Waals surface area (Å²) in [6, 6.07) is -1.13. The summed E-state index contributed by atoms with van der Waals surface area (Å²) in [5.74, 6) is -16.8. The number of aliphatic hydroxyl groups excluding tert-OH is 17. The summed E-state index contributed by atoms with van der Waals surface area (Å²) < 4.78 is 0. The van der Waals surface area contributed by atoms with Crippen molar-refractivity contribution in [3.8, 4) is 5.75 Å². The average Bonchev–Trinajstić information content (AvgIpc) is 1.67. The van der Waals surface area contributed by atoms with Crippen molar-refractivity contribution in [3.63, 3.8) is 0 Å². The molecule has 15 atom stereocenters. The van der Waals surface area contributed by atoms with Crippen LogP contribution in [0.25, 0.3) is 10.9 Å². The number of aliphatic imine (C=N–C) groups is 15. The molecule has 1 fully saturated rings. The summed E-state index contributed by atoms with van der Waals surface area (Å²) in [6.07, 6.45) is 6.46. The number of aromatic amines is 2. The van der Waals surface area contributed by atoms with Gasteiger partial charge >= 0.3 is 11.9 Å². The number of amides is 1. The number of unbranched alkanes of at least 4 members (excludes halogenated alkanes) is 3. The van der Waals surface area contributed by atoms with E-state index in [-0.39, 0.29) is 146 Å². The molecule has 0 bridgehead atoms. The molecular formula is C95H145N29O23S. The zero-order valence-electron chi connectivity index (χ0n) is 83.0. The van der Waals surface area contributed by atoms with Crippen molar-refractivity contribution in [3.05, 3.63) is 120 Å². The Morgan fingerprint density at radius 3 is 1.40 bits per heavy atom. The van der Waals surface area contributed by atoms with Crippen LogP contribution in [-0.2, 0) is 40.1 Å². The Kier molecular flexibility index (Phi) is 53.6. The third kappa shape index (κ3) is 42.8. The van der Waals surface area contributed by atoms with Crippen LogP contribution < -0.4 is 45.0 Å². The lowest BCUT2D eigenvalue weighted by Crippen LogP contribution is -2.46. The van der Waals surface area contributed by atoms with E-state index in [1.165, 1.54) is 53.5 Å². The molecule has 0 aliphatic carbocycles. The summed E-state index contributed by atoms with van der Waals surface area (Å²) >= 11 is 1.26. The van der Waals surface area contributed by atoms with E-state index < -0.39 is 248 Å². The zero-order valence-corrected chi connectivity index (χ0v) is 83.8. The minimum absolute atomic E-state index is 0.000810. The van der Waals surface area contributed by atoms with Gasteiger partial charge in [-0.2, -0.15) is 11.8 Å². The lowest BCUT2D eigenvalue weighted by atomic mass is 10.0. The van der Waals surface area contributed by atoms with Gasteiger partial charge in [0.2, 0.25) is 94.4 Å². The molecule has 6 rings (SSSR count). The smallest absolute Gasteiger partial charge is 0.328 e. The quantitative estimate of drug-likeness (QED) is 0.0128. The number of phenolic OH excluding ortho intramolecular Hbond substituents is 1. The van der Waals surface area contributed by atoms with Crippen molar-refractivity contribution in [2.45, 2.75) is 246 Å². The third-order valence-electron chi connectivity index (χ3n) is 23.2. The van der Waals surface area contributed by atoms with Gasteiger partial charge in [-0.15, -0.1) is 0 Å². The molecule has 52 nitrogen and oxygen atoms in total. The van der Waals surface area contributed by atoms with Gasteiger partial charge in [-0.25, -0.2) is 84.7 Å². The van der Waals surface area contributed by atoms with Crippen molar-refractivity contribution in [2.75, 3.05) is 77.6 Å². The number of thioether (sulfide) groups is 1. The fourth-order valence-electron chi connectivity index (χ4n) is 15.2. The second kappa shape index (κ2) is 65.0. The van der Waals surface area contributed by atoms with Gasteiger partial charge in [0, 0.05) is 80.7 Å². The first-order chi connectivity index (χ1) is 70.7. The molecule has 2 aromatic heterocycles. The molecule has 1 aliphatic heterocycles. The topological polar surface area (TPSA) is 917 Å². The second-order valence-corrected chi connectivity index (χ2v) is 36.1. The average molecular weight is 2090 g/mol. The number of carboxylic acid groups (broad SMARTS) is 2. The number of carboxylic acids is 2. The Morgan fingerprint density at radius 1 is 0.473 bits per heavy atom. The van der Waals surface area contributed by atoms with Gasteiger partial charge in [0.1, 0.15) is 97.4 Å². The number of aliphatic hydroxyl groups is 17. The van der Waals surface area contributed by atoms with Gasteiger partial charge < -0.3 is 162 Å². The standard InChI is InChI=1S/C95H145N29O23S/c1-53(2)78(91(144)109-49-75(128)111-62(22-9-12-35-96)81(134)113-63(23-10-13-36-97)82(135)117-68(93(146)147)26-16-39-106-95(102)103)123-90(143)74-27-17-40-124(74)92(145)67(24-11-14-37-98)112-76(129)48-108-80(133)71(44-56-46-107-61-21-8-7-20-59(56)61)120-83(136)64(25-15-38-105-94(100)101)114-86(139)70(42-54-18-5-4-6-19-54)119-88(141)72(45-57-47-104-52-110-57)121-84(137)65(32-33-77(130)131)115-85(138)66(34-41-148-3)116-89(142)73(51-126)122-87(140)69(118-79(132)60(99)50-125)43-55-28-30-58(127)31-29-55/h4-8,18-21,28-31,46-47,52-53,60,62-74,78,107,125-127H,9-17,22-27,32-45,48-51,96-99H2,1-3H3,(H,104,110)(H,108,133)(H,109,144)(H,111,128)(H,112,129)(H,113,134)(H,114,139)(H,115,138)(H,116,142)(H,117,135)(H,118,132)(H,119,141)(H,120,136)(H,121,137)(H,122,140)(H,123,143)(H,130,131)(H,146,147)(H4,100,101,105)(H4,102,103,106)/t60-,62-,63-,64-,65-,66-,67-,68-,69-,70-,71-,72-,73-,74-,78-/m0/s1. The van der Waals surface area contributed by atoms with Crippen LogP contribution >= 0.6 is 11.8 Å². The molecule has 3 heterocycles. The number of phenols is 1. The summed E-state index contributed by atoms with van der Waals surface area (Å²) in [4.78, 5) is 115. The molecule has 1 saturated heterocycles. The number of carbonyl (C=O) groups is 3. The van der Waals surface area contributed by atoms with Crippen LogP contribution in [0.4, 0.5) is 0 Å². The van der Waals surface area contributed by atoms with Crippen LogP contribution in [0.15, 0.2) is 172 Å². The number of likely N-dealkylation sites (tertiary alicyclic amines) is 1. The van der Waals surface area contributed by atoms with Crippen molar-refractivity contribution in [1.82, 2.24) is 30.5 Å². The molecule has 1 amide bonds. The number of para-hydroxylation sites is 1. The number of rotatable bonds is 69. The van der Waals surface area contributed by atoms with Crippen molar-refractivity contribution < 1.29 is 117 Å². The summed E-state index contributed by atoms with van der Waals surface area (Å²) in [7, 11) is 0. The number of aromatic nitrogens is 3. The fraction of sp³-hybridized carbons (Fsp3) is 0.547. The molecule has 0 radical (unpaired) electrons. The number of nitrogens with zero attached hydrogens (tertiary/aromatic N) is 17. The number of nitrogens with one attached hydrogen (secondary N) is 6. The van der Waals surface area contributed by atoms with E-state index in [9.17, 15) is 117 Å². The molecule has 5 aromatic rings. The third-order valence-corrected chi connectivity index (χ3v) is 23.8. The van der Waals surface area contributed by atoms with E-state index in [0.29, 0.717) is 72.5 Å². The highest BCUT2D eigenvalue weighted by molar-refractivity contribution is 7.98. The summed E-state index contributed by atoms with van der Waals surface area (Å²) in [5.41, 5.74) is 36.7. The van der Waals surface area contributed by atoms with E-state index in [0.717, 1.165) is 0 Å². The predicted octanol–water partition coefficient (Wildman–Crippen LogP) is 5.58. The van der Waals surface area contributed by atoms with E-state index in [1.807, 2.05) is 0 Å². The minimum Gasteiger partial charge on any atom is -0.508 e. The van der Waals surface area contributed by atoms with Crippen LogP contribution in [0.1, 0.15) is 152 Å². The first-order valence-electron chi connectivity index (χ1n) is 48.4. The van der Waals surface area contributed by atoms with Gasteiger partial charge in [0.25, 0.3) is 0 Å². The van der Waals surface area contributed by atoms with Crippen molar-refractivity contribution >= 4 is 141 Å².